The van der Waals surface area contributed by atoms with Gasteiger partial charge in [-0.15, -0.1) is 5.10 Å². The molecule has 3 aromatic heterocycles. The van der Waals surface area contributed by atoms with E-state index in [1.807, 2.05) is 4.57 Å². The van der Waals surface area contributed by atoms with Gasteiger partial charge in [0.15, 0.2) is 11.5 Å². The lowest BCUT2D eigenvalue weighted by molar-refractivity contribution is 0.696. The zero-order valence-electron chi connectivity index (χ0n) is 10.5. The summed E-state index contributed by atoms with van der Waals surface area (Å²) in [6.45, 7) is 0.792. The summed E-state index contributed by atoms with van der Waals surface area (Å²) in [6.07, 6.45) is 4.10. The summed E-state index contributed by atoms with van der Waals surface area (Å²) in [4.78, 5) is 16.4. The minimum Gasteiger partial charge on any atom is -0.382 e. The third kappa shape index (κ3) is 2.50. The summed E-state index contributed by atoms with van der Waals surface area (Å²) in [7, 11) is 0. The number of imidazole rings is 1. The van der Waals surface area contributed by atoms with Gasteiger partial charge in [-0.2, -0.15) is 4.98 Å². The number of H-pyrrole nitrogens is 1. The number of hydrogen-bond acceptors (Lipinski definition) is 8. The molecule has 0 aliphatic carbocycles. The van der Waals surface area contributed by atoms with E-state index in [0.29, 0.717) is 22.4 Å². The van der Waals surface area contributed by atoms with E-state index < -0.39 is 0 Å². The van der Waals surface area contributed by atoms with Gasteiger partial charge >= 0.3 is 0 Å². The number of nitrogens with one attached hydrogen (secondary N) is 1. The molecule has 0 aliphatic heterocycles. The molecular weight excluding hydrogens is 278 g/mol. The summed E-state index contributed by atoms with van der Waals surface area (Å²) >= 11 is 1.55. The van der Waals surface area contributed by atoms with Crippen molar-refractivity contribution in [3.8, 4) is 0 Å². The first-order valence-corrected chi connectivity index (χ1v) is 6.94. The molecule has 20 heavy (non-hydrogen) atoms. The topological polar surface area (TPSA) is 137 Å². The summed E-state index contributed by atoms with van der Waals surface area (Å²) in [5, 5.41) is 7.22. The van der Waals surface area contributed by atoms with Crippen LogP contribution in [0.3, 0.4) is 0 Å². The highest BCUT2D eigenvalue weighted by Gasteiger charge is 2.07. The molecule has 0 fully saturated rings. The number of nitrogens with two attached hydrogens (primary N) is 2. The molecule has 0 amide bonds. The number of nitrogen functional groups attached to an aromatic ring is 2. The second-order valence-electron chi connectivity index (χ2n) is 4.07. The lowest BCUT2D eigenvalue weighted by Crippen LogP contribution is -2.00. The van der Waals surface area contributed by atoms with E-state index >= 15 is 0 Å². The standard InChI is InChI=1S/C10H13N9S/c11-7-6-8(14-4-13-7)19(5-15-6)2-1-3-20-10-16-9(12)17-18-10/h4-5H,1-3H2,(H2,11,13,14)(H3,12,16,17,18). The van der Waals surface area contributed by atoms with E-state index in [1.54, 1.807) is 18.1 Å². The average molecular weight is 291 g/mol. The fourth-order valence-electron chi connectivity index (χ4n) is 1.78. The van der Waals surface area contributed by atoms with Crippen LogP contribution in [0.4, 0.5) is 11.8 Å². The van der Waals surface area contributed by atoms with Gasteiger partial charge in [-0.25, -0.2) is 20.1 Å². The molecule has 0 saturated carbocycles. The first-order chi connectivity index (χ1) is 9.74. The molecule has 5 N–H and O–H groups in total. The summed E-state index contributed by atoms with van der Waals surface area (Å²) in [5.41, 5.74) is 12.6. The Morgan fingerprint density at radius 3 is 2.95 bits per heavy atom. The largest absolute Gasteiger partial charge is 0.382 e. The first-order valence-electron chi connectivity index (χ1n) is 5.96. The Morgan fingerprint density at radius 2 is 2.15 bits per heavy atom. The number of nitrogens with zero attached hydrogens (tertiary/aromatic N) is 6. The van der Waals surface area contributed by atoms with Crippen LogP contribution >= 0.6 is 11.8 Å². The van der Waals surface area contributed by atoms with E-state index in [2.05, 4.69) is 30.1 Å². The third-order valence-corrected chi connectivity index (χ3v) is 3.62. The van der Waals surface area contributed by atoms with E-state index in [1.165, 1.54) is 6.33 Å². The van der Waals surface area contributed by atoms with Gasteiger partial charge in [0.1, 0.15) is 11.8 Å². The van der Waals surface area contributed by atoms with Crippen molar-refractivity contribution in [2.75, 3.05) is 17.2 Å². The molecule has 0 radical (unpaired) electrons. The smallest absolute Gasteiger partial charge is 0.216 e. The second kappa shape index (κ2) is 5.33. The number of aromatic nitrogens is 7. The normalized spacial score (nSPS) is 11.2. The van der Waals surface area contributed by atoms with Crippen LogP contribution in [0.5, 0.6) is 0 Å². The Bertz CT molecular complexity index is 718. The van der Waals surface area contributed by atoms with E-state index in [4.69, 9.17) is 11.5 Å². The zero-order valence-corrected chi connectivity index (χ0v) is 11.3. The van der Waals surface area contributed by atoms with Crippen LogP contribution in [0.1, 0.15) is 6.42 Å². The van der Waals surface area contributed by atoms with Gasteiger partial charge in [-0.05, 0) is 6.42 Å². The Balaban J connectivity index is 1.59. The maximum Gasteiger partial charge on any atom is 0.216 e. The molecule has 0 unspecified atom stereocenters. The van der Waals surface area contributed by atoms with Gasteiger partial charge < -0.3 is 16.0 Å². The molecule has 10 heteroatoms. The molecule has 0 atom stereocenters. The number of hydrogen-bond donors (Lipinski definition) is 3. The third-order valence-electron chi connectivity index (χ3n) is 2.69. The van der Waals surface area contributed by atoms with Gasteiger partial charge in [0.25, 0.3) is 0 Å². The van der Waals surface area contributed by atoms with Crippen molar-refractivity contribution in [1.82, 2.24) is 34.7 Å². The van der Waals surface area contributed by atoms with Crippen LogP contribution in [-0.2, 0) is 6.54 Å². The molecule has 3 heterocycles. The fourth-order valence-corrected chi connectivity index (χ4v) is 2.51. The molecule has 9 nitrogen and oxygen atoms in total. The Kier molecular flexibility index (Phi) is 3.37. The number of rotatable bonds is 5. The quantitative estimate of drug-likeness (QED) is 0.450. The van der Waals surface area contributed by atoms with Crippen LogP contribution in [0, 0.1) is 0 Å². The lowest BCUT2D eigenvalue weighted by Gasteiger charge is -2.02. The maximum atomic E-state index is 5.74. The summed E-state index contributed by atoms with van der Waals surface area (Å²) in [5.74, 6) is 1.61. The van der Waals surface area contributed by atoms with E-state index in [-0.39, 0.29) is 0 Å². The molecule has 104 valence electrons. The van der Waals surface area contributed by atoms with Gasteiger partial charge in [0.05, 0.1) is 6.33 Å². The number of fused-ring (bicyclic) bond motifs is 1. The van der Waals surface area contributed by atoms with Crippen LogP contribution in [0.2, 0.25) is 0 Å². The zero-order chi connectivity index (χ0) is 13.9. The van der Waals surface area contributed by atoms with Crippen molar-refractivity contribution in [3.63, 3.8) is 0 Å². The average Bonchev–Trinajstić information content (AvgIpc) is 3.02. The molecule has 3 aromatic rings. The predicted octanol–water partition coefficient (Wildman–Crippen LogP) is 0.291. The number of anilines is 2. The molecule has 0 spiro atoms. The van der Waals surface area contributed by atoms with Crippen molar-refractivity contribution in [2.45, 2.75) is 18.1 Å². The second-order valence-corrected chi connectivity index (χ2v) is 5.14. The monoisotopic (exact) mass is 291 g/mol. The number of aryl methyl sites for hydroxylation is 1. The SMILES string of the molecule is Nc1nc(SCCCn2cnc3c(N)ncnc32)n[nH]1. The van der Waals surface area contributed by atoms with E-state index in [0.717, 1.165) is 24.4 Å². The molecule has 0 aliphatic rings. The highest BCUT2D eigenvalue weighted by atomic mass is 32.2. The number of aromatic amines is 1. The Morgan fingerprint density at radius 1 is 1.25 bits per heavy atom. The minimum absolute atomic E-state index is 0.334. The lowest BCUT2D eigenvalue weighted by atomic mass is 10.4. The fraction of sp³-hybridized carbons (Fsp3) is 0.300. The van der Waals surface area contributed by atoms with Crippen molar-refractivity contribution in [1.29, 1.82) is 0 Å². The van der Waals surface area contributed by atoms with Gasteiger partial charge in [-0.1, -0.05) is 11.8 Å². The van der Waals surface area contributed by atoms with Crippen molar-refractivity contribution >= 4 is 34.7 Å². The molecule has 0 bridgehead atoms. The predicted molar refractivity (Wildman–Crippen MR) is 75.9 cm³/mol. The van der Waals surface area contributed by atoms with Gasteiger partial charge in [0, 0.05) is 12.3 Å². The number of thioether (sulfide) groups is 1. The van der Waals surface area contributed by atoms with Crippen molar-refractivity contribution < 1.29 is 0 Å². The summed E-state index contributed by atoms with van der Waals surface area (Å²) < 4.78 is 1.96. The van der Waals surface area contributed by atoms with Crippen LogP contribution in [-0.4, -0.2) is 40.5 Å². The van der Waals surface area contributed by atoms with Crippen LogP contribution in [0.25, 0.3) is 11.2 Å². The maximum absolute atomic E-state index is 5.74. The van der Waals surface area contributed by atoms with Crippen LogP contribution < -0.4 is 11.5 Å². The highest BCUT2D eigenvalue weighted by molar-refractivity contribution is 7.99. The highest BCUT2D eigenvalue weighted by Crippen LogP contribution is 2.17. The molecule has 3 rings (SSSR count). The Hall–Kier alpha value is -2.36. The van der Waals surface area contributed by atoms with Crippen LogP contribution in [0.15, 0.2) is 17.8 Å². The van der Waals surface area contributed by atoms with Gasteiger partial charge in [-0.3, -0.25) is 0 Å². The van der Waals surface area contributed by atoms with Crippen molar-refractivity contribution in [2.24, 2.45) is 0 Å². The summed E-state index contributed by atoms with van der Waals surface area (Å²) in [6, 6.07) is 0. The molecule has 0 saturated heterocycles. The molecular formula is C10H13N9S. The van der Waals surface area contributed by atoms with Gasteiger partial charge in [0.2, 0.25) is 11.1 Å². The molecule has 0 aromatic carbocycles. The minimum atomic E-state index is 0.334. The Labute approximate surface area is 118 Å². The first kappa shape index (κ1) is 12.7. The van der Waals surface area contributed by atoms with E-state index in [9.17, 15) is 0 Å². The van der Waals surface area contributed by atoms with Crippen molar-refractivity contribution in [3.05, 3.63) is 12.7 Å².